The van der Waals surface area contributed by atoms with Gasteiger partial charge in [-0.15, -0.1) is 10.2 Å². The summed E-state index contributed by atoms with van der Waals surface area (Å²) in [7, 11) is 0. The second kappa shape index (κ2) is 10.2. The van der Waals surface area contributed by atoms with Crippen LogP contribution in [-0.4, -0.2) is 10.2 Å². The zero-order valence-electron chi connectivity index (χ0n) is 18.1. The molecule has 4 aromatic rings. The smallest absolute Gasteiger partial charge is 0.416 e. The molecule has 0 amide bonds. The first-order valence-corrected chi connectivity index (χ1v) is 10.5. The van der Waals surface area contributed by atoms with Crippen LogP contribution in [0.1, 0.15) is 27.9 Å². The lowest BCUT2D eigenvalue weighted by molar-refractivity contribution is -0.137. The Hall–Kier alpha value is -4.13. The summed E-state index contributed by atoms with van der Waals surface area (Å²) < 4.78 is 51.2. The summed E-state index contributed by atoms with van der Waals surface area (Å²) in [5.74, 6) is 0.498. The minimum atomic E-state index is -4.46. The second-order valence-corrected chi connectivity index (χ2v) is 7.50. The van der Waals surface area contributed by atoms with Gasteiger partial charge in [0.05, 0.1) is 11.3 Å². The van der Waals surface area contributed by atoms with Crippen molar-refractivity contribution in [3.8, 4) is 11.6 Å². The van der Waals surface area contributed by atoms with E-state index in [1.165, 1.54) is 6.07 Å². The number of nitrogens with zero attached hydrogens (tertiary/aromatic N) is 2. The summed E-state index contributed by atoms with van der Waals surface area (Å²) in [5.41, 5.74) is 1.98. The highest BCUT2D eigenvalue weighted by molar-refractivity contribution is 5.77. The van der Waals surface area contributed by atoms with Gasteiger partial charge in [0.25, 0.3) is 5.88 Å². The molecule has 4 rings (SSSR count). The van der Waals surface area contributed by atoms with Gasteiger partial charge in [-0.25, -0.2) is 0 Å². The minimum Gasteiger partial charge on any atom is -0.483 e. The fraction of sp³-hybridized carbons (Fsp3) is 0.111. The molecule has 0 spiro atoms. The van der Waals surface area contributed by atoms with Gasteiger partial charge in [0.2, 0.25) is 0 Å². The molecule has 0 N–H and O–H groups in total. The number of aromatic nitrogens is 2. The Morgan fingerprint density at radius 2 is 1.35 bits per heavy atom. The van der Waals surface area contributed by atoms with Crippen molar-refractivity contribution in [2.75, 3.05) is 0 Å². The van der Waals surface area contributed by atoms with Gasteiger partial charge in [0, 0.05) is 11.6 Å². The molecular formula is C27H21F3N2O2. The fourth-order valence-electron chi connectivity index (χ4n) is 3.21. The van der Waals surface area contributed by atoms with Crippen molar-refractivity contribution in [3.05, 3.63) is 126 Å². The molecule has 172 valence electrons. The van der Waals surface area contributed by atoms with E-state index in [1.807, 2.05) is 60.7 Å². The molecule has 0 aliphatic carbocycles. The number of ether oxygens (including phenoxy) is 2. The van der Waals surface area contributed by atoms with Crippen LogP contribution in [0.25, 0.3) is 5.57 Å². The molecule has 34 heavy (non-hydrogen) atoms. The van der Waals surface area contributed by atoms with Gasteiger partial charge in [-0.05, 0) is 28.8 Å². The molecule has 0 radical (unpaired) electrons. The van der Waals surface area contributed by atoms with Gasteiger partial charge in [-0.2, -0.15) is 13.2 Å². The zero-order chi connectivity index (χ0) is 24.0. The van der Waals surface area contributed by atoms with Gasteiger partial charge in [0.1, 0.15) is 13.2 Å². The zero-order valence-corrected chi connectivity index (χ0v) is 18.1. The van der Waals surface area contributed by atoms with Gasteiger partial charge >= 0.3 is 6.18 Å². The summed E-state index contributed by atoms with van der Waals surface area (Å²) in [4.78, 5) is 0. The monoisotopic (exact) mass is 462 g/mol. The number of halogens is 3. The van der Waals surface area contributed by atoms with Crippen LogP contribution < -0.4 is 9.47 Å². The standard InChI is InChI=1S/C27H21F3N2O2/c1-19(22-13-8-14-23(15-22)27(28,29)30)24-16-25(33-17-20-9-4-2-5-10-20)26(32-31-24)34-18-21-11-6-3-7-12-21/h2-16H,1,17-18H2. The van der Waals surface area contributed by atoms with Crippen LogP contribution in [0.5, 0.6) is 11.6 Å². The van der Waals surface area contributed by atoms with E-state index < -0.39 is 11.7 Å². The van der Waals surface area contributed by atoms with Crippen molar-refractivity contribution in [3.63, 3.8) is 0 Å². The molecule has 0 unspecified atom stereocenters. The normalized spacial score (nSPS) is 11.1. The van der Waals surface area contributed by atoms with Crippen LogP contribution >= 0.6 is 0 Å². The average Bonchev–Trinajstić information content (AvgIpc) is 2.87. The van der Waals surface area contributed by atoms with Crippen LogP contribution in [0.2, 0.25) is 0 Å². The molecule has 0 aliphatic rings. The molecule has 7 heteroatoms. The molecule has 3 aromatic carbocycles. The molecule has 1 heterocycles. The van der Waals surface area contributed by atoms with Crippen LogP contribution in [-0.2, 0) is 19.4 Å². The maximum atomic E-state index is 13.1. The Balaban J connectivity index is 1.61. The number of benzene rings is 3. The molecule has 0 fully saturated rings. The summed E-state index contributed by atoms with van der Waals surface area (Å²) in [6.45, 7) is 4.44. The first-order chi connectivity index (χ1) is 16.4. The van der Waals surface area contributed by atoms with Crippen LogP contribution in [0, 0.1) is 0 Å². The van der Waals surface area contributed by atoms with E-state index in [1.54, 1.807) is 12.1 Å². The second-order valence-electron chi connectivity index (χ2n) is 7.50. The van der Waals surface area contributed by atoms with Crippen molar-refractivity contribution in [1.29, 1.82) is 0 Å². The summed E-state index contributed by atoms with van der Waals surface area (Å²) >= 11 is 0. The first-order valence-electron chi connectivity index (χ1n) is 10.5. The third kappa shape index (κ3) is 5.81. The van der Waals surface area contributed by atoms with Gasteiger partial charge in [-0.3, -0.25) is 0 Å². The Labute approximate surface area is 195 Å². The third-order valence-electron chi connectivity index (χ3n) is 5.03. The predicted molar refractivity (Wildman–Crippen MR) is 123 cm³/mol. The largest absolute Gasteiger partial charge is 0.483 e. The molecule has 4 nitrogen and oxygen atoms in total. The van der Waals surface area contributed by atoms with Crippen LogP contribution in [0.3, 0.4) is 0 Å². The molecule has 0 aliphatic heterocycles. The Morgan fingerprint density at radius 3 is 1.97 bits per heavy atom. The topological polar surface area (TPSA) is 44.2 Å². The van der Waals surface area contributed by atoms with Crippen molar-refractivity contribution >= 4 is 5.57 Å². The van der Waals surface area contributed by atoms with E-state index in [0.717, 1.165) is 23.3 Å². The lowest BCUT2D eigenvalue weighted by Gasteiger charge is -2.14. The number of hydrogen-bond donors (Lipinski definition) is 0. The quantitative estimate of drug-likeness (QED) is 0.292. The lowest BCUT2D eigenvalue weighted by Crippen LogP contribution is -2.06. The maximum Gasteiger partial charge on any atom is 0.416 e. The third-order valence-corrected chi connectivity index (χ3v) is 5.03. The van der Waals surface area contributed by atoms with Crippen LogP contribution in [0.15, 0.2) is 97.6 Å². The number of hydrogen-bond acceptors (Lipinski definition) is 4. The van der Waals surface area contributed by atoms with E-state index in [0.29, 0.717) is 5.75 Å². The summed E-state index contributed by atoms with van der Waals surface area (Å²) in [5, 5.41) is 8.28. The molecule has 1 aromatic heterocycles. The van der Waals surface area contributed by atoms with E-state index in [2.05, 4.69) is 16.8 Å². The summed E-state index contributed by atoms with van der Waals surface area (Å²) in [6, 6.07) is 25.6. The Morgan fingerprint density at radius 1 is 0.735 bits per heavy atom. The molecule has 0 bridgehead atoms. The maximum absolute atomic E-state index is 13.1. The van der Waals surface area contributed by atoms with Crippen molar-refractivity contribution in [2.24, 2.45) is 0 Å². The number of alkyl halides is 3. The van der Waals surface area contributed by atoms with E-state index in [-0.39, 0.29) is 35.9 Å². The fourth-order valence-corrected chi connectivity index (χ4v) is 3.21. The SMILES string of the molecule is C=C(c1cccc(C(F)(F)F)c1)c1cc(OCc2ccccc2)c(OCc2ccccc2)nn1. The molecule has 0 saturated heterocycles. The van der Waals surface area contributed by atoms with Crippen molar-refractivity contribution in [1.82, 2.24) is 10.2 Å². The lowest BCUT2D eigenvalue weighted by atomic mass is 10.0. The molecular weight excluding hydrogens is 441 g/mol. The highest BCUT2D eigenvalue weighted by atomic mass is 19.4. The van der Waals surface area contributed by atoms with Crippen molar-refractivity contribution < 1.29 is 22.6 Å². The van der Waals surface area contributed by atoms with Gasteiger partial charge < -0.3 is 9.47 Å². The number of rotatable bonds is 8. The van der Waals surface area contributed by atoms with Gasteiger partial charge in [-0.1, -0.05) is 79.4 Å². The van der Waals surface area contributed by atoms with E-state index in [9.17, 15) is 13.2 Å². The van der Waals surface area contributed by atoms with E-state index >= 15 is 0 Å². The van der Waals surface area contributed by atoms with E-state index in [4.69, 9.17) is 9.47 Å². The predicted octanol–water partition coefficient (Wildman–Crippen LogP) is 6.71. The minimum absolute atomic E-state index is 0.181. The molecule has 0 saturated carbocycles. The van der Waals surface area contributed by atoms with Crippen LogP contribution in [0.4, 0.5) is 13.2 Å². The highest BCUT2D eigenvalue weighted by Gasteiger charge is 2.30. The first kappa shape index (κ1) is 23.0. The summed E-state index contributed by atoms with van der Waals surface area (Å²) in [6.07, 6.45) is -4.46. The average molecular weight is 462 g/mol. The Kier molecular flexibility index (Phi) is 6.92. The molecule has 0 atom stereocenters. The van der Waals surface area contributed by atoms with Crippen molar-refractivity contribution in [2.45, 2.75) is 19.4 Å². The Bertz CT molecular complexity index is 1260. The highest BCUT2D eigenvalue weighted by Crippen LogP contribution is 2.33. The van der Waals surface area contributed by atoms with Gasteiger partial charge in [0.15, 0.2) is 5.75 Å².